The number of rotatable bonds is 6. The summed E-state index contributed by atoms with van der Waals surface area (Å²) in [5.74, 6) is 2.97. The number of fused-ring (bicyclic) bond motifs is 1. The number of carbonyl (C=O) groups excluding carboxylic acids is 1. The predicted octanol–water partition coefficient (Wildman–Crippen LogP) is 6.06. The molecule has 0 aliphatic carbocycles. The first-order valence-electron chi connectivity index (χ1n) is 12.5. The lowest BCUT2D eigenvalue weighted by atomic mass is 9.97. The average Bonchev–Trinajstić information content (AvgIpc) is 3.29. The number of ether oxygens (including phenoxy) is 3. The van der Waals surface area contributed by atoms with Crippen LogP contribution in [-0.4, -0.2) is 49.4 Å². The molecule has 37 heavy (non-hydrogen) atoms. The second-order valence-electron chi connectivity index (χ2n) is 10.1. The van der Waals surface area contributed by atoms with Crippen molar-refractivity contribution < 1.29 is 19.0 Å². The van der Waals surface area contributed by atoms with Crippen LogP contribution in [0.4, 0.5) is 4.79 Å². The molecule has 1 fully saturated rings. The Balaban J connectivity index is 1.21. The zero-order valence-corrected chi connectivity index (χ0v) is 21.3. The summed E-state index contributed by atoms with van der Waals surface area (Å²) in [4.78, 5) is 22.9. The highest BCUT2D eigenvalue weighted by Gasteiger charge is 2.27. The van der Waals surface area contributed by atoms with E-state index in [9.17, 15) is 4.79 Å². The van der Waals surface area contributed by atoms with E-state index in [1.165, 1.54) is 6.33 Å². The summed E-state index contributed by atoms with van der Waals surface area (Å²) < 4.78 is 19.3. The number of likely N-dealkylation sites (tertiary alicyclic amines) is 1. The third-order valence-electron chi connectivity index (χ3n) is 6.11. The molecule has 9 heteroatoms. The minimum atomic E-state index is -0.487. The van der Waals surface area contributed by atoms with Gasteiger partial charge in [-0.05, 0) is 75.9 Å². The summed E-state index contributed by atoms with van der Waals surface area (Å²) in [6, 6.07) is 17.0. The molecule has 0 saturated carbocycles. The molecule has 2 aromatic heterocycles. The van der Waals surface area contributed by atoms with E-state index in [0.29, 0.717) is 37.2 Å². The van der Waals surface area contributed by atoms with E-state index in [1.807, 2.05) is 80.1 Å². The molecule has 1 aliphatic rings. The van der Waals surface area contributed by atoms with E-state index in [2.05, 4.69) is 15.1 Å². The Morgan fingerprint density at radius 3 is 2.24 bits per heavy atom. The number of amides is 1. The number of carbonyl (C=O) groups is 1. The lowest BCUT2D eigenvalue weighted by molar-refractivity contribution is 0.0177. The SMILES string of the molecule is CC(C)(C)OC(=O)N1CCC(Cn2ncc3c(Oc4ccc(Oc5ccccc5)cc4)ncnc32)CC1. The van der Waals surface area contributed by atoms with Gasteiger partial charge in [0.05, 0.1) is 6.20 Å². The molecule has 0 bridgehead atoms. The summed E-state index contributed by atoms with van der Waals surface area (Å²) in [5, 5.41) is 5.31. The predicted molar refractivity (Wildman–Crippen MR) is 139 cm³/mol. The van der Waals surface area contributed by atoms with E-state index in [1.54, 1.807) is 11.1 Å². The van der Waals surface area contributed by atoms with Crippen LogP contribution >= 0.6 is 0 Å². The first-order chi connectivity index (χ1) is 17.8. The molecular formula is C28H31N5O4. The van der Waals surface area contributed by atoms with Crippen LogP contribution in [0.15, 0.2) is 67.1 Å². The van der Waals surface area contributed by atoms with Gasteiger partial charge >= 0.3 is 6.09 Å². The fourth-order valence-corrected chi connectivity index (χ4v) is 4.27. The average molecular weight is 502 g/mol. The zero-order chi connectivity index (χ0) is 25.8. The van der Waals surface area contributed by atoms with E-state index >= 15 is 0 Å². The molecule has 1 saturated heterocycles. The Hall–Kier alpha value is -4.14. The first kappa shape index (κ1) is 24.5. The van der Waals surface area contributed by atoms with Crippen LogP contribution in [0.5, 0.6) is 23.1 Å². The summed E-state index contributed by atoms with van der Waals surface area (Å²) in [6.45, 7) is 7.72. The maximum absolute atomic E-state index is 12.3. The van der Waals surface area contributed by atoms with E-state index in [4.69, 9.17) is 14.2 Å². The fraction of sp³-hybridized carbons (Fsp3) is 0.357. The fourth-order valence-electron chi connectivity index (χ4n) is 4.27. The molecule has 3 heterocycles. The van der Waals surface area contributed by atoms with Crippen LogP contribution < -0.4 is 9.47 Å². The molecule has 192 valence electrons. The van der Waals surface area contributed by atoms with E-state index in [-0.39, 0.29) is 6.09 Å². The molecule has 1 amide bonds. The van der Waals surface area contributed by atoms with Gasteiger partial charge in [-0.3, -0.25) is 0 Å². The number of benzene rings is 2. The molecule has 5 rings (SSSR count). The van der Waals surface area contributed by atoms with Crippen molar-refractivity contribution in [1.82, 2.24) is 24.6 Å². The van der Waals surface area contributed by atoms with Gasteiger partial charge in [-0.1, -0.05) is 18.2 Å². The lowest BCUT2D eigenvalue weighted by Gasteiger charge is -2.33. The molecule has 9 nitrogen and oxygen atoms in total. The van der Waals surface area contributed by atoms with Crippen LogP contribution in [0.25, 0.3) is 11.0 Å². The quantitative estimate of drug-likeness (QED) is 0.317. The smallest absolute Gasteiger partial charge is 0.410 e. The normalized spacial score (nSPS) is 14.5. The number of nitrogens with zero attached hydrogens (tertiary/aromatic N) is 5. The topological polar surface area (TPSA) is 91.6 Å². The van der Waals surface area contributed by atoms with Gasteiger partial charge in [-0.2, -0.15) is 5.10 Å². The molecule has 0 unspecified atom stereocenters. The van der Waals surface area contributed by atoms with Crippen LogP contribution in [0, 0.1) is 5.92 Å². The number of aromatic nitrogens is 4. The molecule has 4 aromatic rings. The molecular weight excluding hydrogens is 470 g/mol. The van der Waals surface area contributed by atoms with Gasteiger partial charge in [0.1, 0.15) is 34.6 Å². The second kappa shape index (κ2) is 10.5. The Labute approximate surface area is 216 Å². The van der Waals surface area contributed by atoms with Crippen LogP contribution in [-0.2, 0) is 11.3 Å². The van der Waals surface area contributed by atoms with Crippen molar-refractivity contribution in [3.05, 3.63) is 67.1 Å². The molecule has 2 aromatic carbocycles. The summed E-state index contributed by atoms with van der Waals surface area (Å²) in [5.41, 5.74) is 0.239. The third kappa shape index (κ3) is 6.17. The molecule has 0 N–H and O–H groups in total. The number of piperidine rings is 1. The third-order valence-corrected chi connectivity index (χ3v) is 6.11. The highest BCUT2D eigenvalue weighted by molar-refractivity contribution is 5.80. The maximum atomic E-state index is 12.3. The Morgan fingerprint density at radius 1 is 0.919 bits per heavy atom. The Morgan fingerprint density at radius 2 is 1.57 bits per heavy atom. The molecule has 0 spiro atoms. The minimum Gasteiger partial charge on any atom is -0.457 e. The van der Waals surface area contributed by atoms with Gasteiger partial charge in [-0.15, -0.1) is 0 Å². The van der Waals surface area contributed by atoms with Crippen LogP contribution in [0.3, 0.4) is 0 Å². The van der Waals surface area contributed by atoms with Gasteiger partial charge in [0.15, 0.2) is 5.65 Å². The van der Waals surface area contributed by atoms with E-state index in [0.717, 1.165) is 35.4 Å². The van der Waals surface area contributed by atoms with Crippen molar-refractivity contribution in [2.75, 3.05) is 13.1 Å². The number of hydrogen-bond donors (Lipinski definition) is 0. The van der Waals surface area contributed by atoms with Gasteiger partial charge in [0.2, 0.25) is 5.88 Å². The highest BCUT2D eigenvalue weighted by Crippen LogP contribution is 2.30. The zero-order valence-electron chi connectivity index (χ0n) is 21.3. The number of para-hydroxylation sites is 1. The van der Waals surface area contributed by atoms with Crippen molar-refractivity contribution in [2.24, 2.45) is 5.92 Å². The second-order valence-corrected chi connectivity index (χ2v) is 10.1. The largest absolute Gasteiger partial charge is 0.457 e. The van der Waals surface area contributed by atoms with Crippen LogP contribution in [0.2, 0.25) is 0 Å². The highest BCUT2D eigenvalue weighted by atomic mass is 16.6. The molecule has 0 atom stereocenters. The van der Waals surface area contributed by atoms with Crippen molar-refractivity contribution in [3.63, 3.8) is 0 Å². The van der Waals surface area contributed by atoms with Crippen molar-refractivity contribution >= 4 is 17.1 Å². The van der Waals surface area contributed by atoms with Crippen molar-refractivity contribution in [2.45, 2.75) is 45.8 Å². The summed E-state index contributed by atoms with van der Waals surface area (Å²) >= 11 is 0. The number of hydrogen-bond acceptors (Lipinski definition) is 7. The van der Waals surface area contributed by atoms with Gasteiger partial charge < -0.3 is 19.1 Å². The molecule has 1 aliphatic heterocycles. The monoisotopic (exact) mass is 501 g/mol. The minimum absolute atomic E-state index is 0.246. The first-order valence-corrected chi connectivity index (χ1v) is 12.5. The van der Waals surface area contributed by atoms with Gasteiger partial charge in [0.25, 0.3) is 0 Å². The van der Waals surface area contributed by atoms with Crippen molar-refractivity contribution in [3.8, 4) is 23.1 Å². The standard InChI is InChI=1S/C28H31N5O4/c1-28(2,3)37-27(34)32-15-13-20(14-16-32)18-33-25-24(17-31-33)26(30-19-29-25)36-23-11-9-22(10-12-23)35-21-7-5-4-6-8-21/h4-12,17,19-20H,13-16,18H2,1-3H3. The van der Waals surface area contributed by atoms with E-state index < -0.39 is 5.60 Å². The van der Waals surface area contributed by atoms with Gasteiger partial charge in [0, 0.05) is 19.6 Å². The van der Waals surface area contributed by atoms with Gasteiger partial charge in [-0.25, -0.2) is 19.4 Å². The Bertz CT molecular complexity index is 1340. The summed E-state index contributed by atoms with van der Waals surface area (Å²) in [7, 11) is 0. The lowest BCUT2D eigenvalue weighted by Crippen LogP contribution is -2.42. The van der Waals surface area contributed by atoms with Crippen LogP contribution in [0.1, 0.15) is 33.6 Å². The maximum Gasteiger partial charge on any atom is 0.410 e. The molecule has 0 radical (unpaired) electrons. The van der Waals surface area contributed by atoms with Crippen molar-refractivity contribution in [1.29, 1.82) is 0 Å². The Kier molecular flexibility index (Phi) is 6.94. The summed E-state index contributed by atoms with van der Waals surface area (Å²) in [6.07, 6.45) is 4.75.